The van der Waals surface area contributed by atoms with Gasteiger partial charge >= 0.3 is 0 Å². The van der Waals surface area contributed by atoms with Crippen LogP contribution in [0.25, 0.3) is 0 Å². The number of nitrogens with zero attached hydrogens (tertiary/aromatic N) is 1. The van der Waals surface area contributed by atoms with Crippen molar-refractivity contribution in [1.29, 1.82) is 0 Å². The number of rotatable bonds is 6. The molecule has 3 N–H and O–H groups in total. The summed E-state index contributed by atoms with van der Waals surface area (Å²) in [4.78, 5) is 0. The summed E-state index contributed by atoms with van der Waals surface area (Å²) >= 11 is 0. The van der Waals surface area contributed by atoms with Gasteiger partial charge in [-0.25, -0.2) is 4.72 Å². The van der Waals surface area contributed by atoms with Gasteiger partial charge in [0, 0.05) is 27.2 Å². The largest absolute Gasteiger partial charge is 0.290 e. The summed E-state index contributed by atoms with van der Waals surface area (Å²) in [5.74, 6) is 0. The van der Waals surface area contributed by atoms with Crippen LogP contribution in [0.15, 0.2) is 0 Å². The van der Waals surface area contributed by atoms with Gasteiger partial charge in [0.2, 0.25) is 0 Å². The highest BCUT2D eigenvalue weighted by molar-refractivity contribution is 7.87. The molecule has 0 aliphatic heterocycles. The standard InChI is InChI=1S/C4H13N4O4S2/c1-8(2)14(11,12)7-4-3-6-13(5,9)10/h5-7H,3-4H2,1-2H3. The first-order chi connectivity index (χ1) is 6.15. The van der Waals surface area contributed by atoms with Gasteiger partial charge in [-0.3, -0.25) is 0 Å². The summed E-state index contributed by atoms with van der Waals surface area (Å²) in [6, 6.07) is 0. The van der Waals surface area contributed by atoms with Gasteiger partial charge in [-0.2, -0.15) is 25.9 Å². The second-order valence-corrected chi connectivity index (χ2v) is 5.84. The normalized spacial score (nSPS) is 13.4. The molecule has 0 aromatic heterocycles. The third-order valence-electron chi connectivity index (χ3n) is 1.18. The Morgan fingerprint density at radius 2 is 1.50 bits per heavy atom. The van der Waals surface area contributed by atoms with Gasteiger partial charge in [-0.05, 0) is 0 Å². The zero-order valence-corrected chi connectivity index (χ0v) is 9.44. The van der Waals surface area contributed by atoms with Crippen LogP contribution in [-0.2, 0) is 20.4 Å². The molecule has 0 heterocycles. The summed E-state index contributed by atoms with van der Waals surface area (Å²) in [5, 5.41) is 6.42. The lowest BCUT2D eigenvalue weighted by atomic mass is 10.7. The number of hydrogen-bond acceptors (Lipinski definition) is 4. The summed E-state index contributed by atoms with van der Waals surface area (Å²) in [5.41, 5.74) is 0. The van der Waals surface area contributed by atoms with Crippen molar-refractivity contribution in [2.75, 3.05) is 27.2 Å². The molecular formula is C4H13N4O4S2. The molecule has 0 aromatic carbocycles. The molecular weight excluding hydrogens is 232 g/mol. The van der Waals surface area contributed by atoms with Crippen LogP contribution in [0, 0.1) is 0 Å². The Bertz CT molecular complexity index is 359. The topological polar surface area (TPSA) is 119 Å². The Morgan fingerprint density at radius 3 is 1.86 bits per heavy atom. The maximum atomic E-state index is 11.0. The fraction of sp³-hybridized carbons (Fsp3) is 1.00. The first-order valence-electron chi connectivity index (χ1n) is 3.56. The first-order valence-corrected chi connectivity index (χ1v) is 6.49. The highest BCUT2D eigenvalue weighted by Gasteiger charge is 2.11. The van der Waals surface area contributed by atoms with Crippen LogP contribution in [-0.4, -0.2) is 48.3 Å². The minimum Gasteiger partial charge on any atom is -0.201 e. The van der Waals surface area contributed by atoms with E-state index in [1.807, 2.05) is 4.72 Å². The summed E-state index contributed by atoms with van der Waals surface area (Å²) < 4.78 is 47.5. The Kier molecular flexibility index (Phi) is 4.91. The zero-order valence-electron chi connectivity index (χ0n) is 7.81. The van der Waals surface area contributed by atoms with Crippen molar-refractivity contribution >= 4 is 20.4 Å². The average Bonchev–Trinajstić information content (AvgIpc) is 1.96. The van der Waals surface area contributed by atoms with E-state index in [0.29, 0.717) is 0 Å². The Morgan fingerprint density at radius 1 is 1.07 bits per heavy atom. The molecule has 0 aliphatic carbocycles. The monoisotopic (exact) mass is 245 g/mol. The average molecular weight is 245 g/mol. The maximum Gasteiger partial charge on any atom is 0.290 e. The van der Waals surface area contributed by atoms with Gasteiger partial charge in [0.15, 0.2) is 0 Å². The van der Waals surface area contributed by atoms with Crippen LogP contribution in [0.5, 0.6) is 0 Å². The van der Waals surface area contributed by atoms with Gasteiger partial charge in [-0.15, -0.1) is 5.14 Å². The van der Waals surface area contributed by atoms with Crippen LogP contribution in [0.3, 0.4) is 0 Å². The van der Waals surface area contributed by atoms with Crippen LogP contribution in [0.1, 0.15) is 0 Å². The van der Waals surface area contributed by atoms with Crippen LogP contribution < -0.4 is 14.6 Å². The molecule has 8 nitrogen and oxygen atoms in total. The predicted molar refractivity (Wildman–Crippen MR) is 50.6 cm³/mol. The predicted octanol–water partition coefficient (Wildman–Crippen LogP) is -2.50. The highest BCUT2D eigenvalue weighted by Crippen LogP contribution is 1.85. The minimum atomic E-state index is -4.01. The van der Waals surface area contributed by atoms with Crippen molar-refractivity contribution < 1.29 is 16.8 Å². The second-order valence-electron chi connectivity index (χ2n) is 2.58. The fourth-order valence-corrected chi connectivity index (χ4v) is 1.48. The molecule has 0 amide bonds. The van der Waals surface area contributed by atoms with Gasteiger partial charge in [0.25, 0.3) is 20.4 Å². The van der Waals surface area contributed by atoms with Gasteiger partial charge in [0.05, 0.1) is 0 Å². The van der Waals surface area contributed by atoms with Crippen LogP contribution in [0.4, 0.5) is 0 Å². The van der Waals surface area contributed by atoms with Gasteiger partial charge < -0.3 is 0 Å². The van der Waals surface area contributed by atoms with Crippen molar-refractivity contribution in [1.82, 2.24) is 18.9 Å². The lowest BCUT2D eigenvalue weighted by Crippen LogP contribution is -2.40. The molecule has 14 heavy (non-hydrogen) atoms. The van der Waals surface area contributed by atoms with E-state index in [1.165, 1.54) is 14.1 Å². The van der Waals surface area contributed by atoms with E-state index in [0.717, 1.165) is 4.31 Å². The van der Waals surface area contributed by atoms with Crippen LogP contribution in [0.2, 0.25) is 0 Å². The van der Waals surface area contributed by atoms with Gasteiger partial charge in [-0.1, -0.05) is 0 Å². The van der Waals surface area contributed by atoms with E-state index in [9.17, 15) is 16.8 Å². The summed E-state index contributed by atoms with van der Waals surface area (Å²) in [7, 11) is -4.85. The van der Waals surface area contributed by atoms with E-state index in [-0.39, 0.29) is 13.1 Å². The van der Waals surface area contributed by atoms with Crippen molar-refractivity contribution in [3.63, 3.8) is 0 Å². The smallest absolute Gasteiger partial charge is 0.201 e. The Labute approximate surface area is 83.8 Å². The molecule has 0 atom stereocenters. The quantitative estimate of drug-likeness (QED) is 0.502. The number of nitrogens with one attached hydrogen (secondary N) is 3. The van der Waals surface area contributed by atoms with Gasteiger partial charge in [0.1, 0.15) is 0 Å². The van der Waals surface area contributed by atoms with E-state index in [2.05, 4.69) is 4.72 Å². The van der Waals surface area contributed by atoms with Crippen molar-refractivity contribution in [2.24, 2.45) is 0 Å². The molecule has 0 rings (SSSR count). The van der Waals surface area contributed by atoms with Crippen LogP contribution >= 0.6 is 0 Å². The zero-order chi connectivity index (χ0) is 11.4. The summed E-state index contributed by atoms with van der Waals surface area (Å²) in [6.07, 6.45) is 0. The Balaban J connectivity index is 3.88. The lowest BCUT2D eigenvalue weighted by Gasteiger charge is -2.11. The molecule has 1 radical (unpaired) electrons. The van der Waals surface area contributed by atoms with Crippen molar-refractivity contribution in [2.45, 2.75) is 0 Å². The Hall–Kier alpha value is -0.260. The number of hydrogen-bond donors (Lipinski definition) is 2. The first kappa shape index (κ1) is 13.7. The third kappa shape index (κ3) is 6.23. The second kappa shape index (κ2) is 5.00. The molecule has 0 aliphatic rings. The highest BCUT2D eigenvalue weighted by atomic mass is 32.2. The molecule has 0 saturated heterocycles. The molecule has 0 saturated carbocycles. The third-order valence-corrected chi connectivity index (χ3v) is 3.30. The van der Waals surface area contributed by atoms with E-state index < -0.39 is 20.4 Å². The SMILES string of the molecule is CN(C)S(=O)(=O)NCCNS([NH])(=O)=O. The van der Waals surface area contributed by atoms with E-state index in [1.54, 1.807) is 0 Å². The fourth-order valence-electron chi connectivity index (χ4n) is 0.495. The minimum absolute atomic E-state index is 0.0986. The van der Waals surface area contributed by atoms with E-state index >= 15 is 0 Å². The molecule has 0 bridgehead atoms. The van der Waals surface area contributed by atoms with Crippen molar-refractivity contribution in [3.8, 4) is 0 Å². The molecule has 10 heteroatoms. The molecule has 0 fully saturated rings. The maximum absolute atomic E-state index is 11.0. The molecule has 0 aromatic rings. The molecule has 85 valence electrons. The van der Waals surface area contributed by atoms with E-state index in [4.69, 9.17) is 5.14 Å². The summed E-state index contributed by atoms with van der Waals surface area (Å²) in [6.45, 7) is -0.252. The lowest BCUT2D eigenvalue weighted by molar-refractivity contribution is 0.505. The van der Waals surface area contributed by atoms with Crippen molar-refractivity contribution in [3.05, 3.63) is 0 Å². The molecule has 0 spiro atoms. The molecule has 0 unspecified atom stereocenters.